The molecule has 8 nitrogen and oxygen atoms in total. The van der Waals surface area contributed by atoms with E-state index in [1.807, 2.05) is 11.6 Å². The minimum absolute atomic E-state index is 0.279. The number of imidazole rings is 1. The molecule has 0 saturated heterocycles. The quantitative estimate of drug-likeness (QED) is 0.505. The van der Waals surface area contributed by atoms with Gasteiger partial charge < -0.3 is 27.1 Å². The zero-order chi connectivity index (χ0) is 19.8. The molecule has 0 bridgehead atoms. The second kappa shape index (κ2) is 7.23. The van der Waals surface area contributed by atoms with Gasteiger partial charge in [-0.1, -0.05) is 0 Å². The van der Waals surface area contributed by atoms with Crippen LogP contribution in [0.25, 0.3) is 11.2 Å². The number of nitrogens with zero attached hydrogens (tertiary/aromatic N) is 4. The summed E-state index contributed by atoms with van der Waals surface area (Å²) in [6.45, 7) is 0. The van der Waals surface area contributed by atoms with Crippen LogP contribution in [0, 0.1) is 5.82 Å². The van der Waals surface area contributed by atoms with Gasteiger partial charge in [0.1, 0.15) is 11.6 Å². The summed E-state index contributed by atoms with van der Waals surface area (Å²) < 4.78 is 15.4. The van der Waals surface area contributed by atoms with Gasteiger partial charge in [-0.2, -0.15) is 9.97 Å². The SMILES string of the molecule is Cn1c(Cc2cc(F)ccc2N)nc2c(N)nc(NC3CCC(N)CC3)nc21. The molecule has 0 atom stereocenters. The normalized spacial score (nSPS) is 19.8. The number of fused-ring (bicyclic) bond motifs is 1. The Morgan fingerprint density at radius 1 is 1.14 bits per heavy atom. The first-order chi connectivity index (χ1) is 13.4. The Morgan fingerprint density at radius 2 is 1.89 bits per heavy atom. The van der Waals surface area contributed by atoms with Crippen molar-refractivity contribution in [1.82, 2.24) is 19.5 Å². The largest absolute Gasteiger partial charge is 0.398 e. The van der Waals surface area contributed by atoms with E-state index < -0.39 is 0 Å². The Bertz CT molecular complexity index is 1010. The van der Waals surface area contributed by atoms with Crippen molar-refractivity contribution in [1.29, 1.82) is 0 Å². The number of rotatable bonds is 4. The predicted octanol–water partition coefficient (Wildman–Crippen LogP) is 1.94. The van der Waals surface area contributed by atoms with Crippen LogP contribution < -0.4 is 22.5 Å². The first kappa shape index (κ1) is 18.4. The van der Waals surface area contributed by atoms with Crippen molar-refractivity contribution in [2.45, 2.75) is 44.2 Å². The topological polar surface area (TPSA) is 134 Å². The fourth-order valence-electron chi connectivity index (χ4n) is 3.69. The summed E-state index contributed by atoms with van der Waals surface area (Å²) in [6, 6.07) is 4.88. The molecule has 28 heavy (non-hydrogen) atoms. The molecule has 0 unspecified atom stereocenters. The van der Waals surface area contributed by atoms with Gasteiger partial charge in [0, 0.05) is 31.2 Å². The number of halogens is 1. The summed E-state index contributed by atoms with van der Waals surface area (Å²) in [6.07, 6.45) is 4.32. The highest BCUT2D eigenvalue weighted by Crippen LogP contribution is 2.25. The van der Waals surface area contributed by atoms with E-state index in [0.29, 0.717) is 46.4 Å². The Balaban J connectivity index is 1.63. The van der Waals surface area contributed by atoms with Crippen LogP contribution in [0.3, 0.4) is 0 Å². The van der Waals surface area contributed by atoms with Crippen LogP contribution in [0.5, 0.6) is 0 Å². The fourth-order valence-corrected chi connectivity index (χ4v) is 3.69. The number of nitrogens with two attached hydrogens (primary N) is 3. The molecule has 9 heteroatoms. The lowest BCUT2D eigenvalue weighted by atomic mass is 9.92. The lowest BCUT2D eigenvalue weighted by Gasteiger charge is -2.26. The lowest BCUT2D eigenvalue weighted by molar-refractivity contribution is 0.410. The molecule has 1 fully saturated rings. The molecule has 0 radical (unpaired) electrons. The van der Waals surface area contributed by atoms with Gasteiger partial charge in [0.2, 0.25) is 5.95 Å². The summed E-state index contributed by atoms with van der Waals surface area (Å²) in [5.74, 6) is 1.16. The highest BCUT2D eigenvalue weighted by Gasteiger charge is 2.21. The molecule has 0 aliphatic heterocycles. The molecular weight excluding hydrogens is 359 g/mol. The zero-order valence-corrected chi connectivity index (χ0v) is 15.8. The van der Waals surface area contributed by atoms with Crippen molar-refractivity contribution in [3.8, 4) is 0 Å². The van der Waals surface area contributed by atoms with E-state index in [2.05, 4.69) is 20.3 Å². The van der Waals surface area contributed by atoms with Crippen molar-refractivity contribution < 1.29 is 4.39 Å². The van der Waals surface area contributed by atoms with Crippen molar-refractivity contribution in [2.75, 3.05) is 16.8 Å². The van der Waals surface area contributed by atoms with Crippen molar-refractivity contribution in [3.05, 3.63) is 35.4 Å². The number of hydrogen-bond acceptors (Lipinski definition) is 7. The smallest absolute Gasteiger partial charge is 0.226 e. The summed E-state index contributed by atoms with van der Waals surface area (Å²) in [7, 11) is 1.86. The fraction of sp³-hybridized carbons (Fsp3) is 0.421. The van der Waals surface area contributed by atoms with Crippen LogP contribution in [0.15, 0.2) is 18.2 Å². The zero-order valence-electron chi connectivity index (χ0n) is 15.8. The van der Waals surface area contributed by atoms with Crippen LogP contribution in [-0.4, -0.2) is 31.6 Å². The second-order valence-electron chi connectivity index (χ2n) is 7.47. The highest BCUT2D eigenvalue weighted by atomic mass is 19.1. The van der Waals surface area contributed by atoms with E-state index in [-0.39, 0.29) is 17.9 Å². The highest BCUT2D eigenvalue weighted by molar-refractivity contribution is 5.83. The number of aromatic nitrogens is 4. The van der Waals surface area contributed by atoms with Crippen molar-refractivity contribution in [3.63, 3.8) is 0 Å². The van der Waals surface area contributed by atoms with Crippen LogP contribution in [0.4, 0.5) is 21.8 Å². The molecule has 4 rings (SSSR count). The van der Waals surface area contributed by atoms with Gasteiger partial charge in [0.25, 0.3) is 0 Å². The van der Waals surface area contributed by atoms with Crippen LogP contribution in [0.1, 0.15) is 37.1 Å². The monoisotopic (exact) mass is 384 g/mol. The molecule has 1 aliphatic rings. The maximum Gasteiger partial charge on any atom is 0.226 e. The Kier molecular flexibility index (Phi) is 4.76. The third-order valence-corrected chi connectivity index (χ3v) is 5.40. The first-order valence-electron chi connectivity index (χ1n) is 9.45. The summed E-state index contributed by atoms with van der Waals surface area (Å²) in [5.41, 5.74) is 20.4. The number of nitrogens with one attached hydrogen (secondary N) is 1. The van der Waals surface area contributed by atoms with Gasteiger partial charge in [-0.25, -0.2) is 9.37 Å². The first-order valence-corrected chi connectivity index (χ1v) is 9.45. The molecular formula is C19H25FN8. The molecule has 1 aromatic carbocycles. The number of nitrogen functional groups attached to an aromatic ring is 2. The maximum absolute atomic E-state index is 13.6. The molecule has 0 amide bonds. The Hall–Kier alpha value is -2.94. The molecule has 148 valence electrons. The van der Waals surface area contributed by atoms with Gasteiger partial charge in [-0.15, -0.1) is 0 Å². The van der Waals surface area contributed by atoms with E-state index in [9.17, 15) is 4.39 Å². The van der Waals surface area contributed by atoms with E-state index in [1.165, 1.54) is 12.1 Å². The van der Waals surface area contributed by atoms with Crippen LogP contribution >= 0.6 is 0 Å². The van der Waals surface area contributed by atoms with Gasteiger partial charge >= 0.3 is 0 Å². The third-order valence-electron chi connectivity index (χ3n) is 5.40. The standard InChI is InChI=1S/C19H25FN8/c1-28-15(9-10-8-11(20)2-7-14(10)22)25-16-17(23)26-19(27-18(16)28)24-13-5-3-12(21)4-6-13/h2,7-8,12-13H,3-6,9,21-22H2,1H3,(H3,23,24,26,27). The molecule has 1 saturated carbocycles. The summed E-state index contributed by atoms with van der Waals surface area (Å²) in [4.78, 5) is 13.6. The Labute approximate surface area is 162 Å². The minimum atomic E-state index is -0.332. The number of anilines is 3. The van der Waals surface area contributed by atoms with Gasteiger partial charge in [-0.05, 0) is 49.4 Å². The number of aryl methyl sites for hydroxylation is 1. The van der Waals surface area contributed by atoms with E-state index in [4.69, 9.17) is 17.2 Å². The van der Waals surface area contributed by atoms with Gasteiger partial charge in [0.15, 0.2) is 17.0 Å². The van der Waals surface area contributed by atoms with Gasteiger partial charge in [0.05, 0.1) is 0 Å². The minimum Gasteiger partial charge on any atom is -0.398 e. The van der Waals surface area contributed by atoms with Crippen molar-refractivity contribution in [2.24, 2.45) is 12.8 Å². The van der Waals surface area contributed by atoms with E-state index in [0.717, 1.165) is 25.7 Å². The molecule has 0 spiro atoms. The summed E-state index contributed by atoms with van der Waals surface area (Å²) >= 11 is 0. The molecule has 2 aromatic heterocycles. The molecule has 1 aliphatic carbocycles. The van der Waals surface area contributed by atoms with Crippen LogP contribution in [0.2, 0.25) is 0 Å². The van der Waals surface area contributed by atoms with E-state index >= 15 is 0 Å². The second-order valence-corrected chi connectivity index (χ2v) is 7.47. The van der Waals surface area contributed by atoms with Gasteiger partial charge in [-0.3, -0.25) is 0 Å². The Morgan fingerprint density at radius 3 is 2.64 bits per heavy atom. The number of benzene rings is 1. The third kappa shape index (κ3) is 3.57. The molecule has 2 heterocycles. The molecule has 7 N–H and O–H groups in total. The predicted molar refractivity (Wildman–Crippen MR) is 108 cm³/mol. The summed E-state index contributed by atoms with van der Waals surface area (Å²) in [5, 5.41) is 3.37. The van der Waals surface area contributed by atoms with Crippen LogP contribution in [-0.2, 0) is 13.5 Å². The average molecular weight is 384 g/mol. The number of hydrogen-bond donors (Lipinski definition) is 4. The lowest BCUT2D eigenvalue weighted by Crippen LogP contribution is -2.33. The average Bonchev–Trinajstić information content (AvgIpc) is 2.97. The molecule has 3 aromatic rings. The van der Waals surface area contributed by atoms with E-state index in [1.54, 1.807) is 6.07 Å². The maximum atomic E-state index is 13.6. The van der Waals surface area contributed by atoms with Crippen molar-refractivity contribution >= 4 is 28.6 Å².